The van der Waals surface area contributed by atoms with Crippen molar-refractivity contribution in [3.63, 3.8) is 0 Å². The van der Waals surface area contributed by atoms with E-state index in [0.29, 0.717) is 56.2 Å². The van der Waals surface area contributed by atoms with Crippen LogP contribution in [0.25, 0.3) is 11.1 Å². The fourth-order valence-corrected chi connectivity index (χ4v) is 4.92. The molecule has 2 aromatic heterocycles. The molecule has 0 radical (unpaired) electrons. The largest absolute Gasteiger partial charge is 0.497 e. The van der Waals surface area contributed by atoms with E-state index in [9.17, 15) is 14.7 Å². The number of carbonyl (C=O) groups is 2. The number of H-pyrrole nitrogens is 1. The molecule has 0 atom stereocenters. The molecule has 0 aliphatic carbocycles. The van der Waals surface area contributed by atoms with Gasteiger partial charge in [0.1, 0.15) is 5.75 Å². The van der Waals surface area contributed by atoms with Crippen LogP contribution in [0.15, 0.2) is 42.9 Å². The third-order valence-electron chi connectivity index (χ3n) is 6.91. The highest BCUT2D eigenvalue weighted by molar-refractivity contribution is 5.94. The molecule has 2 fully saturated rings. The van der Waals surface area contributed by atoms with Crippen molar-refractivity contribution in [2.45, 2.75) is 24.9 Å². The second-order valence-electron chi connectivity index (χ2n) is 8.88. The standard InChI is InChI=1S/C24H27N7O5/c1-35-18-5-3-4-16(10-18)14-31-22(32)30(15-24(31)6-8-29(9-7-24)23(33)34)21-25-13-19(20(28-21)36-2)17-11-26-27-12-17/h3-5,10-13H,6-9,14-15H2,1-2H3,(H,26,27)(H,33,34). The average molecular weight is 494 g/mol. The summed E-state index contributed by atoms with van der Waals surface area (Å²) in [6, 6.07) is 7.34. The van der Waals surface area contributed by atoms with Crippen molar-refractivity contribution < 1.29 is 24.2 Å². The van der Waals surface area contributed by atoms with Crippen LogP contribution in [0.5, 0.6) is 11.6 Å². The lowest BCUT2D eigenvalue weighted by atomic mass is 9.86. The van der Waals surface area contributed by atoms with E-state index in [-0.39, 0.29) is 12.0 Å². The molecule has 3 amide bonds. The highest BCUT2D eigenvalue weighted by atomic mass is 16.5. The molecule has 2 N–H and O–H groups in total. The Labute approximate surface area is 207 Å². The van der Waals surface area contributed by atoms with Gasteiger partial charge in [0.15, 0.2) is 0 Å². The molecule has 36 heavy (non-hydrogen) atoms. The number of rotatable bonds is 6. The van der Waals surface area contributed by atoms with E-state index in [4.69, 9.17) is 9.47 Å². The zero-order chi connectivity index (χ0) is 25.3. The van der Waals surface area contributed by atoms with Gasteiger partial charge in [-0.3, -0.25) is 10.00 Å². The number of amides is 3. The molecule has 1 spiro atoms. The zero-order valence-corrected chi connectivity index (χ0v) is 20.0. The number of nitrogens with zero attached hydrogens (tertiary/aromatic N) is 6. The molecule has 188 valence electrons. The molecule has 1 aromatic carbocycles. The van der Waals surface area contributed by atoms with E-state index in [0.717, 1.165) is 11.1 Å². The first-order valence-electron chi connectivity index (χ1n) is 11.5. The van der Waals surface area contributed by atoms with Crippen molar-refractivity contribution in [2.75, 3.05) is 38.8 Å². The molecular weight excluding hydrogens is 466 g/mol. The van der Waals surface area contributed by atoms with Gasteiger partial charge in [-0.15, -0.1) is 0 Å². The number of methoxy groups -OCH3 is 2. The van der Waals surface area contributed by atoms with Crippen LogP contribution in [0.1, 0.15) is 18.4 Å². The summed E-state index contributed by atoms with van der Waals surface area (Å²) in [5.74, 6) is 1.26. The van der Waals surface area contributed by atoms with E-state index in [1.165, 1.54) is 12.0 Å². The fourth-order valence-electron chi connectivity index (χ4n) is 4.92. The summed E-state index contributed by atoms with van der Waals surface area (Å²) in [4.78, 5) is 39.2. The summed E-state index contributed by atoms with van der Waals surface area (Å²) in [6.45, 7) is 1.38. The molecule has 5 rings (SSSR count). The third kappa shape index (κ3) is 4.14. The molecule has 4 heterocycles. The summed E-state index contributed by atoms with van der Waals surface area (Å²) < 4.78 is 10.9. The maximum absolute atomic E-state index is 13.8. The van der Waals surface area contributed by atoms with Crippen molar-refractivity contribution in [1.29, 1.82) is 0 Å². The lowest BCUT2D eigenvalue weighted by Crippen LogP contribution is -2.55. The van der Waals surface area contributed by atoms with Crippen LogP contribution in [0.4, 0.5) is 15.5 Å². The predicted molar refractivity (Wildman–Crippen MR) is 129 cm³/mol. The highest BCUT2D eigenvalue weighted by Gasteiger charge is 2.52. The average Bonchev–Trinajstić information content (AvgIpc) is 3.52. The monoisotopic (exact) mass is 493 g/mol. The number of aromatic amines is 1. The molecule has 0 saturated carbocycles. The van der Waals surface area contributed by atoms with Crippen molar-refractivity contribution in [3.8, 4) is 22.8 Å². The number of ether oxygens (including phenoxy) is 2. The van der Waals surface area contributed by atoms with Gasteiger partial charge in [-0.05, 0) is 30.5 Å². The van der Waals surface area contributed by atoms with Crippen molar-refractivity contribution in [2.24, 2.45) is 0 Å². The van der Waals surface area contributed by atoms with Gasteiger partial charge in [0.05, 0.1) is 38.1 Å². The Kier molecular flexibility index (Phi) is 6.08. The molecule has 2 saturated heterocycles. The summed E-state index contributed by atoms with van der Waals surface area (Å²) >= 11 is 0. The minimum Gasteiger partial charge on any atom is -0.497 e. The van der Waals surface area contributed by atoms with E-state index in [1.807, 2.05) is 29.2 Å². The number of nitrogens with one attached hydrogen (secondary N) is 1. The third-order valence-corrected chi connectivity index (χ3v) is 6.91. The molecule has 2 aliphatic heterocycles. The van der Waals surface area contributed by atoms with Gasteiger partial charge in [-0.2, -0.15) is 10.1 Å². The first-order chi connectivity index (χ1) is 17.4. The SMILES string of the molecule is COc1cccc(CN2C(=O)N(c3ncc(-c4cn[nH]c4)c(OC)n3)CC23CCN(C(=O)O)CC3)c1. The number of hydrogen-bond acceptors (Lipinski definition) is 7. The number of aromatic nitrogens is 4. The van der Waals surface area contributed by atoms with Gasteiger partial charge >= 0.3 is 12.1 Å². The predicted octanol–water partition coefficient (Wildman–Crippen LogP) is 2.84. The number of piperidine rings is 1. The maximum atomic E-state index is 13.8. The molecule has 12 heteroatoms. The summed E-state index contributed by atoms with van der Waals surface area (Å²) in [7, 11) is 3.11. The number of urea groups is 1. The number of carboxylic acid groups (broad SMARTS) is 1. The van der Waals surface area contributed by atoms with Gasteiger partial charge in [-0.25, -0.2) is 14.6 Å². The maximum Gasteiger partial charge on any atom is 0.407 e. The molecule has 3 aromatic rings. The highest BCUT2D eigenvalue weighted by Crippen LogP contribution is 2.39. The number of anilines is 1. The summed E-state index contributed by atoms with van der Waals surface area (Å²) in [6.07, 6.45) is 5.04. The van der Waals surface area contributed by atoms with E-state index < -0.39 is 11.6 Å². The fraction of sp³-hybridized carbons (Fsp3) is 0.375. The Morgan fingerprint density at radius 3 is 2.67 bits per heavy atom. The topological polar surface area (TPSA) is 137 Å². The quantitative estimate of drug-likeness (QED) is 0.535. The Morgan fingerprint density at radius 1 is 1.19 bits per heavy atom. The first kappa shape index (κ1) is 23.4. The molecule has 0 unspecified atom stereocenters. The van der Waals surface area contributed by atoms with Crippen molar-refractivity contribution in [1.82, 2.24) is 30.0 Å². The number of hydrogen-bond donors (Lipinski definition) is 2. The van der Waals surface area contributed by atoms with Crippen LogP contribution in [0.2, 0.25) is 0 Å². The van der Waals surface area contributed by atoms with E-state index in [1.54, 1.807) is 30.6 Å². The van der Waals surface area contributed by atoms with Gasteiger partial charge < -0.3 is 24.4 Å². The second kappa shape index (κ2) is 9.36. The van der Waals surface area contributed by atoms with Crippen LogP contribution in [-0.4, -0.2) is 86.6 Å². The number of benzene rings is 1. The van der Waals surface area contributed by atoms with Crippen LogP contribution in [0.3, 0.4) is 0 Å². The summed E-state index contributed by atoms with van der Waals surface area (Å²) in [5, 5.41) is 16.2. The molecule has 0 bridgehead atoms. The van der Waals surface area contributed by atoms with Crippen molar-refractivity contribution >= 4 is 18.1 Å². The Balaban J connectivity index is 1.48. The molecular formula is C24H27N7O5. The number of carbonyl (C=O) groups excluding carboxylic acids is 1. The lowest BCUT2D eigenvalue weighted by Gasteiger charge is -2.43. The van der Waals surface area contributed by atoms with Crippen LogP contribution < -0.4 is 14.4 Å². The van der Waals surface area contributed by atoms with Gasteiger partial charge in [-0.1, -0.05) is 12.1 Å². The zero-order valence-electron chi connectivity index (χ0n) is 20.0. The minimum absolute atomic E-state index is 0.234. The Hall–Kier alpha value is -4.35. The smallest absolute Gasteiger partial charge is 0.407 e. The second-order valence-corrected chi connectivity index (χ2v) is 8.88. The normalized spacial score (nSPS) is 17.1. The van der Waals surface area contributed by atoms with E-state index >= 15 is 0 Å². The first-order valence-corrected chi connectivity index (χ1v) is 11.5. The van der Waals surface area contributed by atoms with Crippen molar-refractivity contribution in [3.05, 3.63) is 48.4 Å². The Bertz CT molecular complexity index is 1260. The lowest BCUT2D eigenvalue weighted by molar-refractivity contribution is 0.0686. The van der Waals surface area contributed by atoms with E-state index in [2.05, 4.69) is 20.2 Å². The molecule has 12 nitrogen and oxygen atoms in total. The van der Waals surface area contributed by atoms with Crippen LogP contribution in [-0.2, 0) is 6.54 Å². The molecule has 2 aliphatic rings. The van der Waals surface area contributed by atoms with Gasteiger partial charge in [0.2, 0.25) is 11.8 Å². The minimum atomic E-state index is -0.951. The Morgan fingerprint density at radius 2 is 2.00 bits per heavy atom. The van der Waals surface area contributed by atoms with Crippen LogP contribution in [0, 0.1) is 0 Å². The van der Waals surface area contributed by atoms with Gasteiger partial charge in [0, 0.05) is 37.6 Å². The number of likely N-dealkylation sites (tertiary alicyclic amines) is 1. The van der Waals surface area contributed by atoms with Gasteiger partial charge in [0.25, 0.3) is 0 Å². The van der Waals surface area contributed by atoms with Crippen LogP contribution >= 0.6 is 0 Å². The summed E-state index contributed by atoms with van der Waals surface area (Å²) in [5.41, 5.74) is 1.77.